The van der Waals surface area contributed by atoms with Crippen molar-refractivity contribution in [2.75, 3.05) is 13.7 Å². The standard InChI is InChI=1S/C5H11NO3/c1-9-3-2-4(6)5(7)8/h4H,2-3,6H2,1H3,(H,7,8). The molecule has 0 rings (SSSR count). The van der Waals surface area contributed by atoms with Gasteiger partial charge in [-0.25, -0.2) is 0 Å². The van der Waals surface area contributed by atoms with Crippen molar-refractivity contribution >= 4 is 5.97 Å². The second-order valence-corrected chi connectivity index (χ2v) is 1.73. The zero-order chi connectivity index (χ0) is 7.28. The molecule has 1 unspecified atom stereocenters. The maximum Gasteiger partial charge on any atom is 0.320 e. The van der Waals surface area contributed by atoms with E-state index in [-0.39, 0.29) is 0 Å². The minimum atomic E-state index is -0.980. The van der Waals surface area contributed by atoms with Crippen LogP contribution in [0.15, 0.2) is 0 Å². The molecule has 0 spiro atoms. The fourth-order valence-electron chi connectivity index (χ4n) is 0.368. The molecule has 0 aromatic rings. The molecule has 3 N–H and O–H groups in total. The number of carbonyl (C=O) groups is 1. The van der Waals surface area contributed by atoms with Crippen molar-refractivity contribution in [3.63, 3.8) is 0 Å². The van der Waals surface area contributed by atoms with E-state index >= 15 is 0 Å². The molecule has 0 radical (unpaired) electrons. The minimum absolute atomic E-state index is 0.367. The molecule has 0 aliphatic carbocycles. The van der Waals surface area contributed by atoms with Crippen molar-refractivity contribution in [3.05, 3.63) is 0 Å². The quantitative estimate of drug-likeness (QED) is 0.539. The molecular weight excluding hydrogens is 122 g/mol. The van der Waals surface area contributed by atoms with Crippen LogP contribution in [0.3, 0.4) is 0 Å². The Bertz CT molecular complexity index is 94.2. The molecular formula is C5H11NO3. The lowest BCUT2D eigenvalue weighted by atomic mass is 10.2. The molecule has 4 nitrogen and oxygen atoms in total. The lowest BCUT2D eigenvalue weighted by Gasteiger charge is -2.02. The number of carboxylic acid groups (broad SMARTS) is 1. The van der Waals surface area contributed by atoms with E-state index in [1.807, 2.05) is 0 Å². The monoisotopic (exact) mass is 133 g/mol. The maximum atomic E-state index is 10.0. The van der Waals surface area contributed by atoms with Crippen LogP contribution in [0.25, 0.3) is 0 Å². The van der Waals surface area contributed by atoms with Gasteiger partial charge in [0, 0.05) is 13.7 Å². The number of nitrogens with two attached hydrogens (primary N) is 1. The summed E-state index contributed by atoms with van der Waals surface area (Å²) in [5.41, 5.74) is 5.12. The van der Waals surface area contributed by atoms with Gasteiger partial charge in [-0.2, -0.15) is 0 Å². The average Bonchev–Trinajstić information content (AvgIpc) is 1.82. The van der Waals surface area contributed by atoms with Gasteiger partial charge in [0.05, 0.1) is 0 Å². The Morgan fingerprint density at radius 1 is 1.89 bits per heavy atom. The van der Waals surface area contributed by atoms with Gasteiger partial charge in [0.1, 0.15) is 6.04 Å². The molecule has 54 valence electrons. The summed E-state index contributed by atoms with van der Waals surface area (Å²) < 4.78 is 4.62. The van der Waals surface area contributed by atoms with Gasteiger partial charge >= 0.3 is 5.97 Å². The zero-order valence-corrected chi connectivity index (χ0v) is 5.33. The fraction of sp³-hybridized carbons (Fsp3) is 0.800. The first kappa shape index (κ1) is 8.39. The normalized spacial score (nSPS) is 13.1. The Kier molecular flexibility index (Phi) is 4.00. The predicted molar refractivity (Wildman–Crippen MR) is 32.1 cm³/mol. The number of hydrogen-bond acceptors (Lipinski definition) is 3. The Balaban J connectivity index is 3.27. The first-order valence-corrected chi connectivity index (χ1v) is 2.65. The summed E-state index contributed by atoms with van der Waals surface area (Å²) in [5, 5.41) is 8.23. The van der Waals surface area contributed by atoms with Crippen LogP contribution in [0.4, 0.5) is 0 Å². The van der Waals surface area contributed by atoms with Gasteiger partial charge in [-0.05, 0) is 6.42 Å². The van der Waals surface area contributed by atoms with Crippen LogP contribution in [0.1, 0.15) is 6.42 Å². The largest absolute Gasteiger partial charge is 0.480 e. The Morgan fingerprint density at radius 2 is 2.44 bits per heavy atom. The van der Waals surface area contributed by atoms with Crippen molar-refractivity contribution in [2.45, 2.75) is 12.5 Å². The van der Waals surface area contributed by atoms with Gasteiger partial charge in [-0.15, -0.1) is 0 Å². The molecule has 0 bridgehead atoms. The summed E-state index contributed by atoms with van der Waals surface area (Å²) in [6.07, 6.45) is 0.367. The highest BCUT2D eigenvalue weighted by molar-refractivity contribution is 5.72. The van der Waals surface area contributed by atoms with Crippen LogP contribution in [0, 0.1) is 0 Å². The van der Waals surface area contributed by atoms with Gasteiger partial charge in [0.25, 0.3) is 0 Å². The van der Waals surface area contributed by atoms with Crippen molar-refractivity contribution < 1.29 is 14.6 Å². The van der Waals surface area contributed by atoms with Crippen LogP contribution >= 0.6 is 0 Å². The van der Waals surface area contributed by atoms with Gasteiger partial charge < -0.3 is 15.6 Å². The molecule has 0 fully saturated rings. The summed E-state index contributed by atoms with van der Waals surface area (Å²) in [6.45, 7) is 0.396. The Morgan fingerprint density at radius 3 is 2.78 bits per heavy atom. The minimum Gasteiger partial charge on any atom is -0.480 e. The molecule has 9 heavy (non-hydrogen) atoms. The molecule has 0 saturated heterocycles. The van der Waals surface area contributed by atoms with Crippen molar-refractivity contribution in [2.24, 2.45) is 5.73 Å². The smallest absolute Gasteiger partial charge is 0.320 e. The highest BCUT2D eigenvalue weighted by Gasteiger charge is 2.09. The van der Waals surface area contributed by atoms with Crippen LogP contribution < -0.4 is 5.73 Å². The third kappa shape index (κ3) is 3.93. The van der Waals surface area contributed by atoms with Gasteiger partial charge in [0.2, 0.25) is 0 Å². The van der Waals surface area contributed by atoms with Crippen LogP contribution in [-0.2, 0) is 9.53 Å². The zero-order valence-electron chi connectivity index (χ0n) is 5.33. The van der Waals surface area contributed by atoms with Gasteiger partial charge in [-0.1, -0.05) is 0 Å². The van der Waals surface area contributed by atoms with E-state index in [2.05, 4.69) is 4.74 Å². The summed E-state index contributed by atoms with van der Waals surface area (Å²) in [6, 6.07) is -0.787. The topological polar surface area (TPSA) is 72.5 Å². The van der Waals surface area contributed by atoms with E-state index in [4.69, 9.17) is 10.8 Å². The summed E-state index contributed by atoms with van der Waals surface area (Å²) in [7, 11) is 1.51. The summed E-state index contributed by atoms with van der Waals surface area (Å²) in [4.78, 5) is 10.0. The van der Waals surface area contributed by atoms with Crippen molar-refractivity contribution in [1.29, 1.82) is 0 Å². The third-order valence-corrected chi connectivity index (χ3v) is 0.950. The van der Waals surface area contributed by atoms with E-state index in [1.54, 1.807) is 0 Å². The number of hydrogen-bond donors (Lipinski definition) is 2. The molecule has 0 aromatic heterocycles. The number of aliphatic carboxylic acids is 1. The van der Waals surface area contributed by atoms with Crippen LogP contribution in [0.2, 0.25) is 0 Å². The molecule has 0 aromatic carbocycles. The highest BCUT2D eigenvalue weighted by atomic mass is 16.5. The van der Waals surface area contributed by atoms with E-state index in [9.17, 15) is 4.79 Å². The van der Waals surface area contributed by atoms with Gasteiger partial charge in [0.15, 0.2) is 0 Å². The summed E-state index contributed by atoms with van der Waals surface area (Å²) >= 11 is 0. The molecule has 0 aliphatic rings. The predicted octanol–water partition coefficient (Wildman–Crippen LogP) is -0.565. The van der Waals surface area contributed by atoms with E-state index in [0.29, 0.717) is 13.0 Å². The van der Waals surface area contributed by atoms with Crippen molar-refractivity contribution in [3.8, 4) is 0 Å². The van der Waals surface area contributed by atoms with E-state index < -0.39 is 12.0 Å². The molecule has 4 heteroatoms. The molecule has 0 aliphatic heterocycles. The first-order valence-electron chi connectivity index (χ1n) is 2.65. The molecule has 0 amide bonds. The highest BCUT2D eigenvalue weighted by Crippen LogP contribution is 1.86. The fourth-order valence-corrected chi connectivity index (χ4v) is 0.368. The lowest BCUT2D eigenvalue weighted by Crippen LogP contribution is -2.31. The number of ether oxygens (including phenoxy) is 1. The maximum absolute atomic E-state index is 10.0. The third-order valence-electron chi connectivity index (χ3n) is 0.950. The number of carboxylic acids is 1. The van der Waals surface area contributed by atoms with Crippen LogP contribution in [-0.4, -0.2) is 30.8 Å². The SMILES string of the molecule is COCCC(N)C(=O)O. The molecule has 0 heterocycles. The second-order valence-electron chi connectivity index (χ2n) is 1.73. The molecule has 1 atom stereocenters. The second kappa shape index (κ2) is 4.29. The van der Waals surface area contributed by atoms with Gasteiger partial charge in [-0.3, -0.25) is 4.79 Å². The number of methoxy groups -OCH3 is 1. The van der Waals surface area contributed by atoms with E-state index in [1.165, 1.54) is 7.11 Å². The molecule has 0 saturated carbocycles. The Hall–Kier alpha value is -0.610. The Labute approximate surface area is 53.6 Å². The number of rotatable bonds is 4. The first-order chi connectivity index (χ1) is 4.18. The lowest BCUT2D eigenvalue weighted by molar-refractivity contribution is -0.138. The van der Waals surface area contributed by atoms with Crippen LogP contribution in [0.5, 0.6) is 0 Å². The van der Waals surface area contributed by atoms with E-state index in [0.717, 1.165) is 0 Å². The summed E-state index contributed by atoms with van der Waals surface area (Å²) in [5.74, 6) is -0.980. The average molecular weight is 133 g/mol. The van der Waals surface area contributed by atoms with Crippen molar-refractivity contribution in [1.82, 2.24) is 0 Å².